The van der Waals surface area contributed by atoms with Gasteiger partial charge < -0.3 is 0 Å². The van der Waals surface area contributed by atoms with Crippen molar-refractivity contribution in [2.24, 2.45) is 0 Å². The van der Waals surface area contributed by atoms with E-state index >= 15 is 0 Å². The Balaban J connectivity index is 2.62. The summed E-state index contributed by atoms with van der Waals surface area (Å²) in [4.78, 5) is 19.7. The summed E-state index contributed by atoms with van der Waals surface area (Å²) in [5, 5.41) is 10.5. The molecule has 0 atom stereocenters. The van der Waals surface area contributed by atoms with Gasteiger partial charge in [-0.3, -0.25) is 0 Å². The number of aliphatic hydroxyl groups is 1. The van der Waals surface area contributed by atoms with Crippen LogP contribution in [0.5, 0.6) is 0 Å². The number of nitrogens with zero attached hydrogens (tertiary/aromatic N) is 1. The molecule has 0 saturated carbocycles. The van der Waals surface area contributed by atoms with Crippen molar-refractivity contribution >= 4 is 24.3 Å². The maximum absolute atomic E-state index is 11.1. The zero-order chi connectivity index (χ0) is 11.0. The van der Waals surface area contributed by atoms with E-state index in [1.807, 2.05) is 4.90 Å². The van der Waals surface area contributed by atoms with Crippen molar-refractivity contribution in [3.05, 3.63) is 0 Å². The van der Waals surface area contributed by atoms with Crippen molar-refractivity contribution in [2.45, 2.75) is 38.2 Å². The molecule has 0 aliphatic carbocycles. The Kier molecular flexibility index (Phi) is 3.52. The second-order valence-corrected chi connectivity index (χ2v) is 20.8. The molecule has 1 rings (SSSR count). The molecule has 0 aromatic heterocycles. The van der Waals surface area contributed by atoms with Crippen molar-refractivity contribution in [3.8, 4) is 0 Å². The summed E-state index contributed by atoms with van der Waals surface area (Å²) in [7, 11) is 0. The van der Waals surface area contributed by atoms with E-state index in [1.54, 1.807) is 6.92 Å². The number of amides is 1. The van der Waals surface area contributed by atoms with Gasteiger partial charge in [0.25, 0.3) is 0 Å². The fraction of sp³-hybridized carbons (Fsp3) is 0.900. The monoisotopic (exact) mass is 307 g/mol. The van der Waals surface area contributed by atoms with Gasteiger partial charge in [-0.05, 0) is 0 Å². The van der Waals surface area contributed by atoms with Crippen LogP contribution in [0.15, 0.2) is 0 Å². The van der Waals surface area contributed by atoms with Crippen LogP contribution in [0.2, 0.25) is 14.8 Å². The second kappa shape index (κ2) is 4.00. The first-order valence-electron chi connectivity index (χ1n) is 5.24. The quantitative estimate of drug-likeness (QED) is 0.741. The molecule has 0 spiro atoms. The van der Waals surface area contributed by atoms with Crippen molar-refractivity contribution < 1.29 is 9.90 Å². The van der Waals surface area contributed by atoms with Crippen LogP contribution < -0.4 is 0 Å². The van der Waals surface area contributed by atoms with E-state index in [-0.39, 0.29) is 5.91 Å². The average Bonchev–Trinajstić information content (AvgIpc) is 2.03. The summed E-state index contributed by atoms with van der Waals surface area (Å²) in [6.07, 6.45) is 1.57. The van der Waals surface area contributed by atoms with Gasteiger partial charge in [0, 0.05) is 0 Å². The topological polar surface area (TPSA) is 40.5 Å². The van der Waals surface area contributed by atoms with Crippen molar-refractivity contribution in [2.75, 3.05) is 13.1 Å². The SMILES string of the molecule is CC(=O)N1CC[C](O)([Sn]([CH3])([CH3])[CH3])CC1. The van der Waals surface area contributed by atoms with Gasteiger partial charge in [0.15, 0.2) is 0 Å². The first-order chi connectivity index (χ1) is 6.26. The molecule has 1 aliphatic rings. The number of rotatable bonds is 1. The third-order valence-corrected chi connectivity index (χ3v) is 12.8. The number of hydrogen-bond acceptors (Lipinski definition) is 2. The molecule has 1 saturated heterocycles. The molecule has 1 heterocycles. The van der Waals surface area contributed by atoms with Crippen LogP contribution in [0, 0.1) is 0 Å². The van der Waals surface area contributed by atoms with E-state index in [0.29, 0.717) is 0 Å². The van der Waals surface area contributed by atoms with Gasteiger partial charge in [0.1, 0.15) is 0 Å². The summed E-state index contributed by atoms with van der Waals surface area (Å²) >= 11 is -2.26. The zero-order valence-corrected chi connectivity index (χ0v) is 12.5. The van der Waals surface area contributed by atoms with Crippen LogP contribution in [-0.4, -0.2) is 51.0 Å². The maximum atomic E-state index is 11.1. The number of likely N-dealkylation sites (tertiary alicyclic amines) is 1. The Morgan fingerprint density at radius 2 is 1.71 bits per heavy atom. The van der Waals surface area contributed by atoms with E-state index in [0.717, 1.165) is 25.9 Å². The van der Waals surface area contributed by atoms with Gasteiger partial charge in [0.05, 0.1) is 0 Å². The van der Waals surface area contributed by atoms with E-state index in [2.05, 4.69) is 14.8 Å². The van der Waals surface area contributed by atoms with Crippen LogP contribution in [0.3, 0.4) is 0 Å². The third kappa shape index (κ3) is 2.42. The normalized spacial score (nSPS) is 22.2. The van der Waals surface area contributed by atoms with Gasteiger partial charge in [-0.15, -0.1) is 0 Å². The zero-order valence-electron chi connectivity index (χ0n) is 9.63. The summed E-state index contributed by atoms with van der Waals surface area (Å²) in [6.45, 7) is 3.07. The first kappa shape index (κ1) is 12.3. The second-order valence-electron chi connectivity index (χ2n) is 5.29. The van der Waals surface area contributed by atoms with Crippen LogP contribution in [0.4, 0.5) is 0 Å². The molecule has 0 radical (unpaired) electrons. The molecular formula is C10H21NO2Sn. The minimum absolute atomic E-state index is 0.135. The van der Waals surface area contributed by atoms with Crippen LogP contribution in [0.25, 0.3) is 0 Å². The molecule has 14 heavy (non-hydrogen) atoms. The van der Waals surface area contributed by atoms with Crippen LogP contribution in [0.1, 0.15) is 19.8 Å². The number of carbonyl (C=O) groups is 1. The van der Waals surface area contributed by atoms with Crippen LogP contribution in [-0.2, 0) is 4.79 Å². The number of piperidine rings is 1. The Hall–Kier alpha value is 0.229. The van der Waals surface area contributed by atoms with Gasteiger partial charge in [0.2, 0.25) is 0 Å². The molecule has 0 unspecified atom stereocenters. The van der Waals surface area contributed by atoms with Gasteiger partial charge in [-0.25, -0.2) is 0 Å². The third-order valence-electron chi connectivity index (χ3n) is 3.43. The number of hydrogen-bond donors (Lipinski definition) is 1. The molecule has 1 fully saturated rings. The Bertz CT molecular complexity index is 227. The standard InChI is InChI=1S/C7H12NO2.3CH3.Sn/c1-6(9)8-4-2-7(10)3-5-8;;;;/h10H,2-5H2,1H3;3*1H3;. The van der Waals surface area contributed by atoms with E-state index in [1.165, 1.54) is 0 Å². The molecule has 0 bridgehead atoms. The molecule has 1 aliphatic heterocycles. The van der Waals surface area contributed by atoms with Gasteiger partial charge in [-0.1, -0.05) is 0 Å². The molecule has 3 nitrogen and oxygen atoms in total. The summed E-state index contributed by atoms with van der Waals surface area (Å²) in [6, 6.07) is 0. The molecule has 4 heteroatoms. The predicted octanol–water partition coefficient (Wildman–Crippen LogP) is 1.24. The predicted molar refractivity (Wildman–Crippen MR) is 59.8 cm³/mol. The Morgan fingerprint density at radius 1 is 1.29 bits per heavy atom. The van der Waals surface area contributed by atoms with Gasteiger partial charge >= 0.3 is 90.4 Å². The Morgan fingerprint density at radius 3 is 2.00 bits per heavy atom. The Labute approximate surface area is 90.4 Å². The van der Waals surface area contributed by atoms with Crippen molar-refractivity contribution in [1.82, 2.24) is 4.90 Å². The van der Waals surface area contributed by atoms with Crippen molar-refractivity contribution in [3.63, 3.8) is 0 Å². The summed E-state index contributed by atoms with van der Waals surface area (Å²) in [5.74, 6) is 0.135. The molecule has 82 valence electrons. The fourth-order valence-electron chi connectivity index (χ4n) is 1.94. The van der Waals surface area contributed by atoms with Crippen molar-refractivity contribution in [1.29, 1.82) is 0 Å². The van der Waals surface area contributed by atoms with E-state index < -0.39 is 22.0 Å². The first-order valence-corrected chi connectivity index (χ1v) is 15.2. The van der Waals surface area contributed by atoms with Crippen LogP contribution >= 0.6 is 0 Å². The molecule has 0 aromatic rings. The molecular weight excluding hydrogens is 285 g/mol. The minimum atomic E-state index is -2.26. The molecule has 1 N–H and O–H groups in total. The molecule has 0 aromatic carbocycles. The van der Waals surface area contributed by atoms with Gasteiger partial charge in [-0.2, -0.15) is 0 Å². The fourth-order valence-corrected chi connectivity index (χ4v) is 6.86. The summed E-state index contributed by atoms with van der Waals surface area (Å²) < 4.78 is -0.402. The van der Waals surface area contributed by atoms with E-state index in [4.69, 9.17) is 0 Å². The summed E-state index contributed by atoms with van der Waals surface area (Å²) in [5.41, 5.74) is 0. The molecule has 1 amide bonds. The average molecular weight is 306 g/mol. The van der Waals surface area contributed by atoms with E-state index in [9.17, 15) is 9.90 Å². The number of carbonyl (C=O) groups excluding carboxylic acids is 1.